The Morgan fingerprint density at radius 2 is 1.52 bits per heavy atom. The Morgan fingerprint density at radius 3 is 2.20 bits per heavy atom. The Bertz CT molecular complexity index is 1570. The van der Waals surface area contributed by atoms with E-state index in [-0.39, 0.29) is 18.2 Å². The highest BCUT2D eigenvalue weighted by Gasteiger charge is 2.40. The maximum atomic E-state index is 12.7. The van der Waals surface area contributed by atoms with Crippen molar-refractivity contribution in [3.05, 3.63) is 89.7 Å². The Morgan fingerprint density at radius 1 is 0.841 bits per heavy atom. The number of aromatic nitrogens is 4. The number of fused-ring (bicyclic) bond motifs is 8. The van der Waals surface area contributed by atoms with Crippen LogP contribution in [0.25, 0.3) is 0 Å². The summed E-state index contributed by atoms with van der Waals surface area (Å²) in [7, 11) is 0. The maximum Gasteiger partial charge on any atom is 0.373 e. The van der Waals surface area contributed by atoms with E-state index in [2.05, 4.69) is 40.4 Å². The maximum absolute atomic E-state index is 12.7. The van der Waals surface area contributed by atoms with Crippen LogP contribution < -0.4 is 25.3 Å². The SMILES string of the molecule is Clc1ccc2c(n1)N[C@H]1CCN2C1.O=C(Nc1cccnc1)N1c2nc(Cl)ccc2N2CC[C@H]1C2.O=C=O.c1ccncc1. The van der Waals surface area contributed by atoms with Crippen LogP contribution in [0.4, 0.5) is 33.5 Å². The van der Waals surface area contributed by atoms with E-state index < -0.39 is 0 Å². The van der Waals surface area contributed by atoms with Gasteiger partial charge in [0, 0.05) is 50.8 Å². The van der Waals surface area contributed by atoms with Gasteiger partial charge in [0.25, 0.3) is 0 Å². The molecule has 0 aromatic carbocycles. The van der Waals surface area contributed by atoms with Gasteiger partial charge in [0.05, 0.1) is 29.3 Å². The fourth-order valence-electron chi connectivity index (χ4n) is 5.46. The number of amides is 2. The zero-order chi connectivity index (χ0) is 30.9. The average molecular weight is 635 g/mol. The zero-order valence-corrected chi connectivity index (χ0v) is 25.0. The van der Waals surface area contributed by atoms with Gasteiger partial charge in [-0.25, -0.2) is 14.8 Å². The Hall–Kier alpha value is -4.77. The highest BCUT2D eigenvalue weighted by Crippen LogP contribution is 2.39. The molecule has 4 aromatic heterocycles. The summed E-state index contributed by atoms with van der Waals surface area (Å²) in [5.41, 5.74) is 2.81. The van der Waals surface area contributed by atoms with Gasteiger partial charge >= 0.3 is 12.2 Å². The summed E-state index contributed by atoms with van der Waals surface area (Å²) >= 11 is 11.8. The van der Waals surface area contributed by atoms with Crippen molar-refractivity contribution >= 4 is 64.1 Å². The molecular weight excluding hydrogens is 605 g/mol. The zero-order valence-electron chi connectivity index (χ0n) is 23.5. The van der Waals surface area contributed by atoms with Gasteiger partial charge in [-0.2, -0.15) is 9.59 Å². The van der Waals surface area contributed by atoms with Gasteiger partial charge in [-0.05, 0) is 61.4 Å². The minimum Gasteiger partial charge on any atom is -0.366 e. The predicted molar refractivity (Wildman–Crippen MR) is 168 cm³/mol. The largest absolute Gasteiger partial charge is 0.373 e. The van der Waals surface area contributed by atoms with Crippen molar-refractivity contribution in [2.45, 2.75) is 24.9 Å². The normalized spacial score (nSPS) is 17.9. The Labute approximate surface area is 264 Å². The first kappa shape index (κ1) is 30.7. The smallest absolute Gasteiger partial charge is 0.366 e. The molecule has 0 spiro atoms. The average Bonchev–Trinajstić information content (AvgIpc) is 3.64. The van der Waals surface area contributed by atoms with E-state index in [1.807, 2.05) is 42.5 Å². The van der Waals surface area contributed by atoms with Crippen molar-refractivity contribution in [1.82, 2.24) is 19.9 Å². The van der Waals surface area contributed by atoms with Gasteiger partial charge in [0.2, 0.25) is 0 Å². The van der Waals surface area contributed by atoms with E-state index in [4.69, 9.17) is 32.8 Å². The lowest BCUT2D eigenvalue weighted by atomic mass is 10.2. The minimum atomic E-state index is -0.199. The van der Waals surface area contributed by atoms with E-state index >= 15 is 0 Å². The number of hydrogen-bond acceptors (Lipinski definition) is 10. The summed E-state index contributed by atoms with van der Waals surface area (Å²) in [5, 5.41) is 7.22. The van der Waals surface area contributed by atoms with Crippen LogP contribution >= 0.6 is 23.2 Å². The number of halogens is 2. The molecule has 2 N–H and O–H groups in total. The van der Waals surface area contributed by atoms with Crippen molar-refractivity contribution in [2.24, 2.45) is 0 Å². The van der Waals surface area contributed by atoms with E-state index in [1.54, 1.807) is 41.8 Å². The molecule has 4 bridgehead atoms. The molecular formula is C30H29Cl2N9O3. The topological polar surface area (TPSA) is 137 Å². The lowest BCUT2D eigenvalue weighted by Crippen LogP contribution is -2.48. The lowest BCUT2D eigenvalue weighted by Gasteiger charge is -2.35. The number of urea groups is 1. The summed E-state index contributed by atoms with van der Waals surface area (Å²) in [4.78, 5) is 51.7. The van der Waals surface area contributed by atoms with Crippen LogP contribution in [0.15, 0.2) is 79.4 Å². The molecule has 226 valence electrons. The molecule has 2 atom stereocenters. The minimum absolute atomic E-state index is 0.120. The first-order valence-corrected chi connectivity index (χ1v) is 14.7. The van der Waals surface area contributed by atoms with Gasteiger partial charge < -0.3 is 20.4 Å². The van der Waals surface area contributed by atoms with Crippen molar-refractivity contribution < 1.29 is 14.4 Å². The third kappa shape index (κ3) is 7.41. The second-order valence-electron chi connectivity index (χ2n) is 10.1. The van der Waals surface area contributed by atoms with E-state index in [0.29, 0.717) is 27.9 Å². The standard InChI is InChI=1S/C15H14ClN5O.C9H10ClN3.C5H5N.CO2/c16-13-4-3-12-14(19-13)21(11-5-7-20(12)9-11)15(22)18-10-2-1-6-17-8-10;10-8-2-1-7-9(12-8)11-6-3-4-13(7)5-6;1-2-4-6-5-3-1;2-1-3/h1-4,6,8,11H,5,7,9H2,(H,18,22);1-2,6H,3-5H2,(H,11,12);1-5H;/t11-;6-;;/m00../s1. The molecule has 2 fully saturated rings. The van der Waals surface area contributed by atoms with Gasteiger partial charge in [0.1, 0.15) is 10.3 Å². The van der Waals surface area contributed by atoms with Gasteiger partial charge in [-0.3, -0.25) is 14.9 Å². The van der Waals surface area contributed by atoms with Crippen LogP contribution in [0.1, 0.15) is 12.8 Å². The summed E-state index contributed by atoms with van der Waals surface area (Å²) < 4.78 is 0. The molecule has 0 unspecified atom stereocenters. The van der Waals surface area contributed by atoms with Gasteiger partial charge in [-0.15, -0.1) is 0 Å². The number of carbonyl (C=O) groups is 1. The fraction of sp³-hybridized carbons (Fsp3) is 0.267. The summed E-state index contributed by atoms with van der Waals surface area (Å²) in [6.07, 6.45) is 9.17. The molecule has 4 aliphatic heterocycles. The van der Waals surface area contributed by atoms with E-state index in [1.165, 1.54) is 12.1 Å². The number of anilines is 5. The van der Waals surface area contributed by atoms with Crippen molar-refractivity contribution in [1.29, 1.82) is 0 Å². The molecule has 2 saturated heterocycles. The third-order valence-electron chi connectivity index (χ3n) is 7.33. The van der Waals surface area contributed by atoms with Gasteiger partial charge in [-0.1, -0.05) is 29.3 Å². The quantitative estimate of drug-likeness (QED) is 0.276. The molecule has 0 aliphatic carbocycles. The molecule has 14 heteroatoms. The number of hydrogen-bond donors (Lipinski definition) is 2. The van der Waals surface area contributed by atoms with E-state index in [0.717, 1.165) is 44.1 Å². The van der Waals surface area contributed by atoms with Crippen LogP contribution in [0.2, 0.25) is 10.3 Å². The third-order valence-corrected chi connectivity index (χ3v) is 7.75. The van der Waals surface area contributed by atoms with Crippen LogP contribution in [0, 0.1) is 0 Å². The van der Waals surface area contributed by atoms with Crippen LogP contribution in [-0.4, -0.2) is 70.4 Å². The highest BCUT2D eigenvalue weighted by atomic mass is 35.5. The van der Waals surface area contributed by atoms with Crippen molar-refractivity contribution in [3.63, 3.8) is 0 Å². The van der Waals surface area contributed by atoms with Crippen LogP contribution in [0.3, 0.4) is 0 Å². The Kier molecular flexibility index (Phi) is 10.2. The second-order valence-corrected chi connectivity index (χ2v) is 10.9. The molecule has 8 rings (SSSR count). The number of pyridine rings is 4. The summed E-state index contributed by atoms with van der Waals surface area (Å²) in [5.74, 6) is 1.57. The fourth-order valence-corrected chi connectivity index (χ4v) is 5.75. The molecule has 44 heavy (non-hydrogen) atoms. The Balaban J connectivity index is 0.000000146. The van der Waals surface area contributed by atoms with Crippen LogP contribution in [-0.2, 0) is 9.59 Å². The molecule has 2 amide bonds. The van der Waals surface area contributed by atoms with Crippen LogP contribution in [0.5, 0.6) is 0 Å². The van der Waals surface area contributed by atoms with Crippen molar-refractivity contribution in [2.75, 3.05) is 51.5 Å². The molecule has 4 aromatic rings. The lowest BCUT2D eigenvalue weighted by molar-refractivity contribution is -0.191. The molecule has 4 aliphatic rings. The predicted octanol–water partition coefficient (Wildman–Crippen LogP) is 5.00. The number of rotatable bonds is 1. The van der Waals surface area contributed by atoms with Gasteiger partial charge in [0.15, 0.2) is 11.6 Å². The summed E-state index contributed by atoms with van der Waals surface area (Å²) in [6, 6.07) is 17.4. The summed E-state index contributed by atoms with van der Waals surface area (Å²) in [6.45, 7) is 4.00. The monoisotopic (exact) mass is 633 g/mol. The van der Waals surface area contributed by atoms with E-state index in [9.17, 15) is 4.79 Å². The molecule has 0 radical (unpaired) electrons. The molecule has 0 saturated carbocycles. The molecule has 8 heterocycles. The first-order valence-electron chi connectivity index (χ1n) is 13.9. The molecule has 12 nitrogen and oxygen atoms in total. The highest BCUT2D eigenvalue weighted by molar-refractivity contribution is 6.30. The number of nitrogens with zero attached hydrogens (tertiary/aromatic N) is 7. The van der Waals surface area contributed by atoms with Crippen molar-refractivity contribution in [3.8, 4) is 0 Å². The number of carbonyl (C=O) groups excluding carboxylic acids is 3. The first-order chi connectivity index (χ1) is 21.5. The number of nitrogens with one attached hydrogen (secondary N) is 2. The second kappa shape index (κ2) is 14.6.